The van der Waals surface area contributed by atoms with Gasteiger partial charge in [0.2, 0.25) is 0 Å². The van der Waals surface area contributed by atoms with Gasteiger partial charge in [-0.2, -0.15) is 0 Å². The second-order valence-electron chi connectivity index (χ2n) is 5.04. The van der Waals surface area contributed by atoms with Crippen LogP contribution >= 0.6 is 0 Å². The SMILES string of the molecule is c1ccc2c(-c3ccc(-c4ncc[nH]4)cc3)cccc2c1. The monoisotopic (exact) mass is 270 g/mol. The van der Waals surface area contributed by atoms with Crippen molar-refractivity contribution in [1.82, 2.24) is 9.97 Å². The maximum Gasteiger partial charge on any atom is 0.137 e. The van der Waals surface area contributed by atoms with E-state index >= 15 is 0 Å². The average molecular weight is 270 g/mol. The van der Waals surface area contributed by atoms with Crippen LogP contribution in [0.5, 0.6) is 0 Å². The Balaban J connectivity index is 1.82. The van der Waals surface area contributed by atoms with Gasteiger partial charge in [0.25, 0.3) is 0 Å². The van der Waals surface area contributed by atoms with Crippen molar-refractivity contribution in [2.24, 2.45) is 0 Å². The first-order valence-electron chi connectivity index (χ1n) is 7.00. The fraction of sp³-hybridized carbons (Fsp3) is 0. The highest BCUT2D eigenvalue weighted by Gasteiger charge is 2.04. The summed E-state index contributed by atoms with van der Waals surface area (Å²) in [6.45, 7) is 0. The Hall–Kier alpha value is -2.87. The summed E-state index contributed by atoms with van der Waals surface area (Å²) in [5.74, 6) is 0.902. The highest BCUT2D eigenvalue weighted by atomic mass is 14.9. The molecule has 0 unspecified atom stereocenters. The normalized spacial score (nSPS) is 10.9. The number of rotatable bonds is 2. The standard InChI is InChI=1S/C19H14N2/c1-2-6-17-14(4-1)5-3-7-18(17)15-8-10-16(11-9-15)19-20-12-13-21-19/h1-13H,(H,20,21). The van der Waals surface area contributed by atoms with Gasteiger partial charge in [-0.3, -0.25) is 0 Å². The highest BCUT2D eigenvalue weighted by Crippen LogP contribution is 2.29. The van der Waals surface area contributed by atoms with Crippen LogP contribution in [-0.4, -0.2) is 9.97 Å². The zero-order valence-electron chi connectivity index (χ0n) is 11.5. The highest BCUT2D eigenvalue weighted by molar-refractivity contribution is 5.96. The third-order valence-corrected chi connectivity index (χ3v) is 3.76. The Morgan fingerprint density at radius 3 is 2.29 bits per heavy atom. The van der Waals surface area contributed by atoms with E-state index in [4.69, 9.17) is 0 Å². The van der Waals surface area contributed by atoms with Gasteiger partial charge in [0.05, 0.1) is 0 Å². The number of H-pyrrole nitrogens is 1. The lowest BCUT2D eigenvalue weighted by Gasteiger charge is -2.07. The summed E-state index contributed by atoms with van der Waals surface area (Å²) < 4.78 is 0. The largest absolute Gasteiger partial charge is 0.345 e. The summed E-state index contributed by atoms with van der Waals surface area (Å²) in [6.07, 6.45) is 3.61. The Morgan fingerprint density at radius 2 is 1.48 bits per heavy atom. The molecular weight excluding hydrogens is 256 g/mol. The number of fused-ring (bicyclic) bond motifs is 1. The zero-order valence-corrected chi connectivity index (χ0v) is 11.5. The summed E-state index contributed by atoms with van der Waals surface area (Å²) in [5, 5.41) is 2.55. The molecule has 21 heavy (non-hydrogen) atoms. The number of hydrogen-bond acceptors (Lipinski definition) is 1. The van der Waals surface area contributed by atoms with Crippen molar-refractivity contribution in [3.63, 3.8) is 0 Å². The van der Waals surface area contributed by atoms with E-state index in [1.165, 1.54) is 21.9 Å². The molecule has 2 nitrogen and oxygen atoms in total. The van der Waals surface area contributed by atoms with Crippen LogP contribution in [0.4, 0.5) is 0 Å². The van der Waals surface area contributed by atoms with Gasteiger partial charge >= 0.3 is 0 Å². The van der Waals surface area contributed by atoms with Crippen molar-refractivity contribution >= 4 is 10.8 Å². The number of imidazole rings is 1. The molecule has 0 aliphatic rings. The molecule has 0 amide bonds. The smallest absolute Gasteiger partial charge is 0.137 e. The molecule has 0 radical (unpaired) electrons. The number of nitrogens with zero attached hydrogens (tertiary/aromatic N) is 1. The summed E-state index contributed by atoms with van der Waals surface area (Å²) >= 11 is 0. The molecule has 0 fully saturated rings. The van der Waals surface area contributed by atoms with Crippen molar-refractivity contribution in [2.45, 2.75) is 0 Å². The van der Waals surface area contributed by atoms with Gasteiger partial charge in [-0.25, -0.2) is 4.98 Å². The lowest BCUT2D eigenvalue weighted by atomic mass is 9.97. The molecule has 1 N–H and O–H groups in total. The molecule has 4 rings (SSSR count). The first kappa shape index (κ1) is 11.9. The van der Waals surface area contributed by atoms with Crippen LogP contribution in [0.25, 0.3) is 33.3 Å². The van der Waals surface area contributed by atoms with Crippen LogP contribution in [-0.2, 0) is 0 Å². The summed E-state index contributed by atoms with van der Waals surface area (Å²) in [4.78, 5) is 7.41. The summed E-state index contributed by atoms with van der Waals surface area (Å²) in [6, 6.07) is 23.4. The van der Waals surface area contributed by atoms with Crippen LogP contribution in [0.2, 0.25) is 0 Å². The molecule has 0 atom stereocenters. The molecule has 0 saturated heterocycles. The predicted molar refractivity (Wildman–Crippen MR) is 87.0 cm³/mol. The van der Waals surface area contributed by atoms with Gasteiger partial charge in [0.15, 0.2) is 0 Å². The number of aromatic amines is 1. The van der Waals surface area contributed by atoms with Gasteiger partial charge in [0, 0.05) is 18.0 Å². The van der Waals surface area contributed by atoms with E-state index < -0.39 is 0 Å². The molecule has 1 aromatic heterocycles. The van der Waals surface area contributed by atoms with Crippen LogP contribution in [0.1, 0.15) is 0 Å². The van der Waals surface area contributed by atoms with Crippen molar-refractivity contribution in [3.05, 3.63) is 79.1 Å². The first-order chi connectivity index (χ1) is 10.4. The second kappa shape index (κ2) is 4.91. The van der Waals surface area contributed by atoms with Gasteiger partial charge < -0.3 is 4.98 Å². The summed E-state index contributed by atoms with van der Waals surface area (Å²) in [7, 11) is 0. The van der Waals surface area contributed by atoms with Crippen molar-refractivity contribution in [1.29, 1.82) is 0 Å². The molecule has 2 heteroatoms. The van der Waals surface area contributed by atoms with E-state index in [1.807, 2.05) is 6.20 Å². The molecular formula is C19H14N2. The van der Waals surface area contributed by atoms with Crippen molar-refractivity contribution < 1.29 is 0 Å². The number of benzene rings is 3. The van der Waals surface area contributed by atoms with Crippen molar-refractivity contribution in [3.8, 4) is 22.5 Å². The maximum atomic E-state index is 4.28. The topological polar surface area (TPSA) is 28.7 Å². The minimum atomic E-state index is 0.902. The van der Waals surface area contributed by atoms with E-state index in [-0.39, 0.29) is 0 Å². The fourth-order valence-corrected chi connectivity index (χ4v) is 2.71. The molecule has 0 aliphatic heterocycles. The van der Waals surface area contributed by atoms with E-state index in [1.54, 1.807) is 6.20 Å². The fourth-order valence-electron chi connectivity index (χ4n) is 2.71. The van der Waals surface area contributed by atoms with E-state index in [9.17, 15) is 0 Å². The quantitative estimate of drug-likeness (QED) is 0.551. The van der Waals surface area contributed by atoms with Gasteiger partial charge in [-0.15, -0.1) is 0 Å². The molecule has 3 aromatic carbocycles. The number of nitrogens with one attached hydrogen (secondary N) is 1. The van der Waals surface area contributed by atoms with E-state index in [0.29, 0.717) is 0 Å². The maximum absolute atomic E-state index is 4.28. The van der Waals surface area contributed by atoms with Crippen LogP contribution < -0.4 is 0 Å². The molecule has 100 valence electrons. The van der Waals surface area contributed by atoms with Gasteiger partial charge in [-0.05, 0) is 21.9 Å². The lowest BCUT2D eigenvalue weighted by Crippen LogP contribution is -1.83. The van der Waals surface area contributed by atoms with Crippen LogP contribution in [0.15, 0.2) is 79.1 Å². The van der Waals surface area contributed by atoms with Crippen LogP contribution in [0.3, 0.4) is 0 Å². The first-order valence-corrected chi connectivity index (χ1v) is 7.00. The lowest BCUT2D eigenvalue weighted by molar-refractivity contribution is 1.31. The molecule has 4 aromatic rings. The third-order valence-electron chi connectivity index (χ3n) is 3.76. The molecule has 0 spiro atoms. The van der Waals surface area contributed by atoms with Crippen molar-refractivity contribution in [2.75, 3.05) is 0 Å². The number of aromatic nitrogens is 2. The molecule has 1 heterocycles. The average Bonchev–Trinajstić information content (AvgIpc) is 3.09. The Bertz CT molecular complexity index is 870. The summed E-state index contributed by atoms with van der Waals surface area (Å²) in [5.41, 5.74) is 3.59. The zero-order chi connectivity index (χ0) is 14.1. The minimum absolute atomic E-state index is 0.902. The Morgan fingerprint density at radius 1 is 0.714 bits per heavy atom. The molecule has 0 saturated carbocycles. The van der Waals surface area contributed by atoms with E-state index in [0.717, 1.165) is 11.4 Å². The third kappa shape index (κ3) is 2.11. The Kier molecular flexibility index (Phi) is 2.79. The molecule has 0 bridgehead atoms. The predicted octanol–water partition coefficient (Wildman–Crippen LogP) is 4.90. The van der Waals surface area contributed by atoms with Crippen LogP contribution in [0, 0.1) is 0 Å². The van der Waals surface area contributed by atoms with E-state index in [2.05, 4.69) is 76.7 Å². The molecule has 0 aliphatic carbocycles. The number of hydrogen-bond donors (Lipinski definition) is 1. The second-order valence-corrected chi connectivity index (χ2v) is 5.04. The van der Waals surface area contributed by atoms with Gasteiger partial charge in [-0.1, -0.05) is 66.7 Å². The van der Waals surface area contributed by atoms with Gasteiger partial charge in [0.1, 0.15) is 5.82 Å². The Labute approximate surface area is 123 Å². The minimum Gasteiger partial charge on any atom is -0.345 e.